The summed E-state index contributed by atoms with van der Waals surface area (Å²) in [6, 6.07) is 28.4. The summed E-state index contributed by atoms with van der Waals surface area (Å²) in [5.41, 5.74) is 4.68. The number of hydrogen-bond acceptors (Lipinski definition) is 4. The zero-order valence-corrected chi connectivity index (χ0v) is 29.4. The molecule has 0 spiro atoms. The molecule has 0 bridgehead atoms. The summed E-state index contributed by atoms with van der Waals surface area (Å²) in [6.45, 7) is 3.08. The number of amides is 3. The van der Waals surface area contributed by atoms with E-state index in [0.717, 1.165) is 24.1 Å². The van der Waals surface area contributed by atoms with Crippen LogP contribution in [0, 0.1) is 6.92 Å². The number of halogens is 2. The van der Waals surface area contributed by atoms with E-state index in [1.807, 2.05) is 67.7 Å². The van der Waals surface area contributed by atoms with Gasteiger partial charge in [0.1, 0.15) is 0 Å². The molecule has 5 rings (SSSR count). The van der Waals surface area contributed by atoms with Crippen molar-refractivity contribution in [1.82, 2.24) is 5.32 Å². The van der Waals surface area contributed by atoms with Crippen molar-refractivity contribution in [3.63, 3.8) is 0 Å². The third kappa shape index (κ3) is 9.37. The minimum Gasteiger partial charge on any atom is -0.477 e. The number of alkyl halides is 2. The lowest BCUT2D eigenvalue weighted by Gasteiger charge is -2.26. The van der Waals surface area contributed by atoms with E-state index in [1.54, 1.807) is 33.5 Å². The molecule has 1 saturated carbocycles. The van der Waals surface area contributed by atoms with Crippen LogP contribution in [0.1, 0.15) is 72.0 Å². The highest BCUT2D eigenvalue weighted by atomic mass is 32.2. The molecule has 9 nitrogen and oxygen atoms in total. The van der Waals surface area contributed by atoms with Crippen LogP contribution in [0.2, 0.25) is 0 Å². The first-order valence-electron chi connectivity index (χ1n) is 17.0. The largest absolute Gasteiger partial charge is 0.477 e. The van der Waals surface area contributed by atoms with Gasteiger partial charge in [0.25, 0.3) is 5.91 Å². The fourth-order valence-corrected chi connectivity index (χ4v) is 7.48. The highest BCUT2D eigenvalue weighted by molar-refractivity contribution is 7.86. The van der Waals surface area contributed by atoms with Crippen LogP contribution in [-0.2, 0) is 22.3 Å². The summed E-state index contributed by atoms with van der Waals surface area (Å²) in [4.78, 5) is 39.3. The Morgan fingerprint density at radius 3 is 2.18 bits per heavy atom. The molecule has 0 aromatic heterocycles. The third-order valence-electron chi connectivity index (χ3n) is 9.03. The number of nitrogens with one attached hydrogen (secondary N) is 2. The van der Waals surface area contributed by atoms with Gasteiger partial charge >= 0.3 is 17.9 Å². The topological polar surface area (TPSA) is 119 Å². The quantitative estimate of drug-likeness (QED) is 0.129. The Labute approximate surface area is 299 Å². The summed E-state index contributed by atoms with van der Waals surface area (Å²) in [5.74, 6) is -6.79. The van der Waals surface area contributed by atoms with E-state index < -0.39 is 41.4 Å². The lowest BCUT2D eigenvalue weighted by molar-refractivity contribution is -0.163. The summed E-state index contributed by atoms with van der Waals surface area (Å²) >= 11 is 0. The van der Waals surface area contributed by atoms with Crippen molar-refractivity contribution in [2.24, 2.45) is 0 Å². The van der Waals surface area contributed by atoms with Gasteiger partial charge in [-0.05, 0) is 97.8 Å². The van der Waals surface area contributed by atoms with Gasteiger partial charge in [-0.1, -0.05) is 67.8 Å². The molecule has 1 aliphatic rings. The molecule has 51 heavy (non-hydrogen) atoms. The van der Waals surface area contributed by atoms with E-state index >= 15 is 0 Å². The second-order valence-corrected chi connectivity index (χ2v) is 14.0. The Bertz CT molecular complexity index is 1850. The zero-order chi connectivity index (χ0) is 36.5. The van der Waals surface area contributed by atoms with Gasteiger partial charge < -0.3 is 15.7 Å². The average Bonchev–Trinajstić information content (AvgIpc) is 3.15. The summed E-state index contributed by atoms with van der Waals surface area (Å²) in [6.07, 6.45) is 5.90. The molecule has 0 aliphatic heterocycles. The molecule has 1 fully saturated rings. The lowest BCUT2D eigenvalue weighted by Crippen LogP contribution is -2.42. The number of hydrogen-bond donors (Lipinski definition) is 3. The summed E-state index contributed by atoms with van der Waals surface area (Å²) in [5, 5.41) is 13.6. The smallest absolute Gasteiger partial charge is 0.376 e. The second-order valence-electron chi connectivity index (χ2n) is 12.6. The fraction of sp³-hybridized carbons (Fsp3) is 0.308. The molecule has 12 heteroatoms. The maximum Gasteiger partial charge on any atom is 0.376 e. The number of urea groups is 1. The molecule has 0 heterocycles. The molecule has 268 valence electrons. The molecule has 3 amide bonds. The lowest BCUT2D eigenvalue weighted by atomic mass is 9.84. The molecule has 3 N–H and O–H groups in total. The van der Waals surface area contributed by atoms with Crippen LogP contribution in [0.5, 0.6) is 0 Å². The number of rotatable bonds is 13. The van der Waals surface area contributed by atoms with Crippen molar-refractivity contribution in [2.75, 3.05) is 27.6 Å². The predicted octanol–water partition coefficient (Wildman–Crippen LogP) is 8.28. The number of benzene rings is 4. The van der Waals surface area contributed by atoms with E-state index in [0.29, 0.717) is 34.3 Å². The average molecular weight is 717 g/mol. The van der Waals surface area contributed by atoms with Crippen molar-refractivity contribution in [1.29, 1.82) is 0 Å². The Morgan fingerprint density at radius 2 is 1.55 bits per heavy atom. The van der Waals surface area contributed by atoms with Crippen LogP contribution < -0.4 is 19.8 Å². The van der Waals surface area contributed by atoms with E-state index in [9.17, 15) is 27.4 Å². The molecule has 0 saturated heterocycles. The van der Waals surface area contributed by atoms with Crippen LogP contribution in [0.15, 0.2) is 102 Å². The molecule has 1 unspecified atom stereocenters. The fourth-order valence-electron chi connectivity index (χ4n) is 6.12. The van der Waals surface area contributed by atoms with Gasteiger partial charge in [-0.25, -0.2) is 13.8 Å². The van der Waals surface area contributed by atoms with Crippen molar-refractivity contribution >= 4 is 46.0 Å². The normalized spacial score (nSPS) is 14.0. The van der Waals surface area contributed by atoms with Gasteiger partial charge in [0.2, 0.25) is 0 Å². The van der Waals surface area contributed by atoms with Gasteiger partial charge in [-0.3, -0.25) is 14.0 Å². The Hall–Kier alpha value is -5.10. The number of carbonyl (C=O) groups excluding carboxylic acids is 2. The molecular formula is C39H42F2N4O5S. The highest BCUT2D eigenvalue weighted by Gasteiger charge is 2.39. The van der Waals surface area contributed by atoms with Crippen LogP contribution in [-0.4, -0.2) is 46.2 Å². The number of carboxylic acid groups (broad SMARTS) is 1. The summed E-state index contributed by atoms with van der Waals surface area (Å²) in [7, 11) is -1.54. The van der Waals surface area contributed by atoms with E-state index in [-0.39, 0.29) is 12.1 Å². The molecule has 1 atom stereocenters. The molecule has 4 aromatic carbocycles. The van der Waals surface area contributed by atoms with Crippen molar-refractivity contribution in [3.05, 3.63) is 119 Å². The Kier molecular flexibility index (Phi) is 12.2. The first-order valence-corrected chi connectivity index (χ1v) is 18.1. The minimum absolute atomic E-state index is 0.0598. The Morgan fingerprint density at radius 1 is 0.882 bits per heavy atom. The van der Waals surface area contributed by atoms with Crippen LogP contribution in [0.25, 0.3) is 0 Å². The molecule has 0 radical (unpaired) electrons. The maximum atomic E-state index is 14.0. The minimum atomic E-state index is -4.10. The van der Waals surface area contributed by atoms with Crippen LogP contribution in [0.3, 0.4) is 0 Å². The zero-order valence-electron chi connectivity index (χ0n) is 28.6. The third-order valence-corrected chi connectivity index (χ3v) is 10.7. The number of aliphatic carboxylic acids is 1. The van der Waals surface area contributed by atoms with Gasteiger partial charge in [0, 0.05) is 29.2 Å². The second kappa shape index (κ2) is 16.7. The number of para-hydroxylation sites is 1. The van der Waals surface area contributed by atoms with Crippen molar-refractivity contribution in [2.45, 2.75) is 69.2 Å². The van der Waals surface area contributed by atoms with Gasteiger partial charge in [-0.2, -0.15) is 8.78 Å². The number of carboxylic acids is 1. The standard InChI is InChI=1S/C39H42F2N4O5S/c1-3-45(34-12-8-5-9-13-34)51(50)35-24-32(21-14-27(35)2)43-38(49)44(33-22-19-30(20-23-33)29-10-6-4-7-11-29)25-28-15-17-31(18-16-28)36(46)42-26-39(40,41)37(47)48/h5,8-9,12-24,29H,3-4,6-7,10-11,25-26H2,1-2H3,(H,42,46)(H,43,49)(H,47,48). The van der Waals surface area contributed by atoms with Crippen molar-refractivity contribution < 1.29 is 32.5 Å². The first-order chi connectivity index (χ1) is 24.5. The SMILES string of the molecule is CCN(c1ccccc1)S(=O)c1cc(NC(=O)N(Cc2ccc(C(=O)NCC(F)(F)C(=O)O)cc2)c2ccc(C3CCCCC3)cc2)ccc1C. The van der Waals surface area contributed by atoms with E-state index in [2.05, 4.69) is 17.4 Å². The van der Waals surface area contributed by atoms with Crippen molar-refractivity contribution in [3.8, 4) is 0 Å². The highest BCUT2D eigenvalue weighted by Crippen LogP contribution is 2.34. The van der Waals surface area contributed by atoms with Crippen LogP contribution >= 0.6 is 0 Å². The number of nitrogens with zero attached hydrogens (tertiary/aromatic N) is 2. The predicted molar refractivity (Wildman–Crippen MR) is 196 cm³/mol. The van der Waals surface area contributed by atoms with E-state index in [4.69, 9.17) is 5.11 Å². The molecule has 4 aromatic rings. The number of carbonyl (C=O) groups is 3. The monoisotopic (exact) mass is 716 g/mol. The molecule has 1 aliphatic carbocycles. The number of anilines is 3. The van der Waals surface area contributed by atoms with Crippen LogP contribution in [0.4, 0.5) is 30.6 Å². The van der Waals surface area contributed by atoms with Gasteiger partial charge in [-0.15, -0.1) is 0 Å². The van der Waals surface area contributed by atoms with E-state index in [1.165, 1.54) is 37.0 Å². The van der Waals surface area contributed by atoms with Gasteiger partial charge in [0.05, 0.1) is 18.0 Å². The maximum absolute atomic E-state index is 14.0. The number of aryl methyl sites for hydroxylation is 1. The molecular weight excluding hydrogens is 675 g/mol. The Balaban J connectivity index is 1.38. The summed E-state index contributed by atoms with van der Waals surface area (Å²) < 4.78 is 42.6. The first kappa shape index (κ1) is 37.2. The van der Waals surface area contributed by atoms with Gasteiger partial charge in [0.15, 0.2) is 11.0 Å².